The van der Waals surface area contributed by atoms with Gasteiger partial charge in [0.15, 0.2) is 43.8 Å². The maximum Gasteiger partial charge on any atom is 0.335 e. The van der Waals surface area contributed by atoms with Crippen molar-refractivity contribution < 1.29 is 153 Å². The van der Waals surface area contributed by atoms with Crippen molar-refractivity contribution in [1.29, 1.82) is 0 Å². The summed E-state index contributed by atoms with van der Waals surface area (Å²) in [5.41, 5.74) is -4.43. The average molecular weight is 1380 g/mol. The quantitative estimate of drug-likeness (QED) is 0.0318. The molecule has 0 bridgehead atoms. The Hall–Kier alpha value is -2.69. The number of allylic oxidation sites excluding steroid dienone is 2. The van der Waals surface area contributed by atoms with E-state index in [1.54, 1.807) is 20.8 Å². The molecule has 0 radical (unpaired) electrons. The van der Waals surface area contributed by atoms with E-state index >= 15 is 4.79 Å². The smallest absolute Gasteiger partial charge is 0.335 e. The van der Waals surface area contributed by atoms with Crippen LogP contribution in [0.25, 0.3) is 0 Å². The summed E-state index contributed by atoms with van der Waals surface area (Å²) in [4.78, 5) is 42.7. The lowest BCUT2D eigenvalue weighted by molar-refractivity contribution is -0.391. The Balaban J connectivity index is 0.848. The number of methoxy groups -OCH3 is 1. The Morgan fingerprint density at radius 3 is 1.90 bits per heavy atom. The normalized spacial score (nSPS) is 54.3. The zero-order valence-electron chi connectivity index (χ0n) is 55.6. The number of hydrogen-bond acceptors (Lipinski definition) is 30. The Bertz CT molecular complexity index is 2780. The van der Waals surface area contributed by atoms with E-state index in [1.807, 2.05) is 0 Å². The Morgan fingerprint density at radius 2 is 1.23 bits per heavy atom. The molecule has 96 heavy (non-hydrogen) atoms. The van der Waals surface area contributed by atoms with Gasteiger partial charge in [-0.25, -0.2) is 4.79 Å². The fourth-order valence-corrected chi connectivity index (χ4v) is 19.1. The van der Waals surface area contributed by atoms with Crippen molar-refractivity contribution in [2.45, 2.75) is 292 Å². The summed E-state index contributed by atoms with van der Waals surface area (Å²) in [6.07, 6.45) is -39.4. The second kappa shape index (κ2) is 27.8. The van der Waals surface area contributed by atoms with E-state index in [0.29, 0.717) is 38.5 Å². The summed E-state index contributed by atoms with van der Waals surface area (Å²) < 4.78 is 77.9. The van der Waals surface area contributed by atoms with Crippen molar-refractivity contribution in [1.82, 2.24) is 0 Å². The number of aliphatic hydroxyl groups excluding tert-OH is 14. The van der Waals surface area contributed by atoms with E-state index in [1.165, 1.54) is 7.11 Å². The number of hydrogen-bond donors (Lipinski definition) is 15. The minimum absolute atomic E-state index is 0.0971. The van der Waals surface area contributed by atoms with Gasteiger partial charge in [0.1, 0.15) is 103 Å². The van der Waals surface area contributed by atoms with Crippen molar-refractivity contribution in [2.24, 2.45) is 56.2 Å². The maximum atomic E-state index is 15.6. The van der Waals surface area contributed by atoms with Gasteiger partial charge in [0.2, 0.25) is 6.29 Å². The molecule has 0 aromatic heterocycles. The van der Waals surface area contributed by atoms with Gasteiger partial charge in [-0.05, 0) is 104 Å². The van der Waals surface area contributed by atoms with Gasteiger partial charge in [-0.3, -0.25) is 4.79 Å². The molecule has 30 unspecified atom stereocenters. The van der Waals surface area contributed by atoms with Gasteiger partial charge in [0.05, 0.1) is 55.8 Å². The number of ether oxygens (including phenoxy) is 13. The van der Waals surface area contributed by atoms with Crippen LogP contribution < -0.4 is 0 Å². The molecule has 0 aromatic carbocycles. The van der Waals surface area contributed by atoms with Gasteiger partial charge in [0, 0.05) is 19.4 Å². The molecule has 31 heteroatoms. The SMILES string of the molecule is COC1C(O)COC(OC2C(C)OC(OC3C(O)CC(O)OC3OC(=O)[C@]34CCC(C)(C)CC3C3=CCC5[C@@]6(C)CC[C@H](OC7OC(C(=O)O)C(O)C(OC8OCC(O)C(O)C8O)C7OC7OC(CO)C(O)C(O)C7O)[C@@](C)(C=O)C6CC[C@@]5(C)[C@]3(C)C[C@H]4O)C(O)C2C)C1O. The van der Waals surface area contributed by atoms with Crippen LogP contribution in [0.2, 0.25) is 0 Å². The molecule has 6 saturated heterocycles. The zero-order chi connectivity index (χ0) is 70.0. The second-order valence-corrected chi connectivity index (χ2v) is 30.9. The Labute approximate surface area is 555 Å². The molecule has 31 nitrogen and oxygen atoms in total. The fraction of sp³-hybridized carbons (Fsp3) is 0.923. The van der Waals surface area contributed by atoms with Crippen LogP contribution in [0.15, 0.2) is 11.6 Å². The molecular weight excluding hydrogens is 1280 g/mol. The van der Waals surface area contributed by atoms with Crippen LogP contribution >= 0.6 is 0 Å². The van der Waals surface area contributed by atoms with Crippen molar-refractivity contribution in [3.05, 3.63) is 11.6 Å². The van der Waals surface area contributed by atoms with Gasteiger partial charge >= 0.3 is 11.9 Å². The summed E-state index contributed by atoms with van der Waals surface area (Å²) in [6.45, 7) is 14.0. The molecule has 0 spiro atoms. The molecular formula is C65H102O31. The number of carbonyl (C=O) groups is 3. The Kier molecular flexibility index (Phi) is 21.6. The first-order valence-electron chi connectivity index (χ1n) is 33.8. The highest BCUT2D eigenvalue weighted by atomic mass is 16.8. The van der Waals surface area contributed by atoms with Crippen LogP contribution in [0, 0.1) is 56.2 Å². The molecule has 4 saturated carbocycles. The highest BCUT2D eigenvalue weighted by molar-refractivity contribution is 5.80. The standard InChI is InChI=1S/C65H102O31/c1-25-38(73)55(87-26(2)46(25)91-54-45(80)47(84-9)31(70)23-86-54)92-48-29(68)18-37(72)90-57(48)96-59(83)65-17-16-60(3,4)19-28(65)27-10-11-34-61(5)14-13-36(62(6,24-67)33(61)12-15-63(34,7)64(27,8)20-35(65)71)89-58-51(95-56-43(78)41(76)40(75)32(21-66)88-56)49(44(79)50(94-58)52(81)82)93-53-42(77)39(74)30(69)22-85-53/h10,24-26,28-51,53-58,66,68-80H,11-23H2,1-9H3,(H,81,82)/t25?,26?,28?,29?,30?,31?,32?,33?,34?,35-,36+,37?,38?,39?,40?,41?,42?,43?,44?,45?,46?,47?,48?,49?,50?,51?,53?,54?,55?,56?,57?,58?,61+,62+,63-,64-,65-/m1/s1. The van der Waals surface area contributed by atoms with Gasteiger partial charge in [-0.15, -0.1) is 0 Å². The molecule has 11 rings (SSSR count). The third-order valence-electron chi connectivity index (χ3n) is 25.0. The fourth-order valence-electron chi connectivity index (χ4n) is 19.1. The van der Waals surface area contributed by atoms with Gasteiger partial charge < -0.3 is 143 Å². The number of aliphatic carboxylic acids is 1. The number of aldehydes is 1. The molecule has 6 heterocycles. The molecule has 6 aliphatic heterocycles. The highest BCUT2D eigenvalue weighted by Gasteiger charge is 2.73. The van der Waals surface area contributed by atoms with E-state index in [-0.39, 0.29) is 43.6 Å². The average Bonchev–Trinajstić information content (AvgIpc) is 0.670. The molecule has 11 aliphatic rings. The summed E-state index contributed by atoms with van der Waals surface area (Å²) >= 11 is 0. The Morgan fingerprint density at radius 1 is 0.594 bits per heavy atom. The lowest BCUT2D eigenvalue weighted by atomic mass is 9.33. The first-order valence-corrected chi connectivity index (χ1v) is 33.8. The van der Waals surface area contributed by atoms with Crippen LogP contribution in [-0.2, 0) is 76.0 Å². The molecule has 10 fully saturated rings. The van der Waals surface area contributed by atoms with Crippen LogP contribution in [0.1, 0.15) is 120 Å². The van der Waals surface area contributed by atoms with Crippen molar-refractivity contribution in [3.63, 3.8) is 0 Å². The molecule has 0 aromatic rings. The predicted octanol–water partition coefficient (Wildman–Crippen LogP) is -2.92. The number of carbonyl (C=O) groups excluding carboxylic acids is 2. The van der Waals surface area contributed by atoms with Gasteiger partial charge in [-0.2, -0.15) is 0 Å². The first-order chi connectivity index (χ1) is 45.1. The number of esters is 1. The lowest BCUT2D eigenvalue weighted by Gasteiger charge is -2.71. The van der Waals surface area contributed by atoms with Crippen molar-refractivity contribution in [2.75, 3.05) is 26.9 Å². The number of carboxylic acids is 1. The van der Waals surface area contributed by atoms with Crippen molar-refractivity contribution >= 4 is 18.2 Å². The summed E-state index contributed by atoms with van der Waals surface area (Å²) in [7, 11) is 1.33. The second-order valence-electron chi connectivity index (χ2n) is 30.9. The number of fused-ring (bicyclic) bond motifs is 7. The molecule has 0 amide bonds. The minimum atomic E-state index is -2.20. The molecule has 37 atom stereocenters. The number of rotatable bonds is 16. The third-order valence-corrected chi connectivity index (χ3v) is 25.0. The zero-order valence-corrected chi connectivity index (χ0v) is 55.6. The largest absolute Gasteiger partial charge is 0.479 e. The monoisotopic (exact) mass is 1380 g/mol. The van der Waals surface area contributed by atoms with Gasteiger partial charge in [0.25, 0.3) is 0 Å². The summed E-state index contributed by atoms with van der Waals surface area (Å²) in [5, 5.41) is 166. The minimum Gasteiger partial charge on any atom is -0.479 e. The highest BCUT2D eigenvalue weighted by Crippen LogP contribution is 2.76. The van der Waals surface area contributed by atoms with Crippen LogP contribution in [0.3, 0.4) is 0 Å². The van der Waals surface area contributed by atoms with Crippen molar-refractivity contribution in [3.8, 4) is 0 Å². The summed E-state index contributed by atoms with van der Waals surface area (Å²) in [5.74, 6) is -4.57. The topological polar surface area (TPSA) is 475 Å². The third kappa shape index (κ3) is 12.6. The van der Waals surface area contributed by atoms with E-state index < -0.39 is 242 Å². The van der Waals surface area contributed by atoms with E-state index in [2.05, 4.69) is 40.7 Å². The van der Waals surface area contributed by atoms with Gasteiger partial charge in [-0.1, -0.05) is 60.1 Å². The van der Waals surface area contributed by atoms with Crippen LogP contribution in [-0.4, -0.2) is 294 Å². The van der Waals surface area contributed by atoms with Crippen LogP contribution in [0.5, 0.6) is 0 Å². The molecule has 5 aliphatic carbocycles. The summed E-state index contributed by atoms with van der Waals surface area (Å²) in [6, 6.07) is 0. The molecule has 548 valence electrons. The van der Waals surface area contributed by atoms with E-state index in [0.717, 1.165) is 11.9 Å². The molecule has 15 N–H and O–H groups in total. The number of carboxylic acid groups (broad SMARTS) is 1. The van der Waals surface area contributed by atoms with E-state index in [9.17, 15) is 86.2 Å². The maximum absolute atomic E-state index is 15.6. The van der Waals surface area contributed by atoms with E-state index in [4.69, 9.17) is 61.6 Å². The predicted molar refractivity (Wildman–Crippen MR) is 319 cm³/mol. The lowest BCUT2D eigenvalue weighted by Crippen LogP contribution is -2.69. The number of aliphatic hydroxyl groups is 14. The first kappa shape index (κ1) is 74.5. The van der Waals surface area contributed by atoms with Crippen LogP contribution in [0.4, 0.5) is 0 Å².